The van der Waals surface area contributed by atoms with Gasteiger partial charge >= 0.3 is 11.9 Å². The Morgan fingerprint density at radius 3 is 1.46 bits per heavy atom. The maximum absolute atomic E-state index is 14.8. The molecule has 244 valence electrons. The van der Waals surface area contributed by atoms with Gasteiger partial charge in [0.1, 0.15) is 43.6 Å². The van der Waals surface area contributed by atoms with E-state index in [1.807, 2.05) is 6.92 Å². The van der Waals surface area contributed by atoms with Crippen molar-refractivity contribution in [1.29, 1.82) is 0 Å². The zero-order chi connectivity index (χ0) is 34.1. The molecule has 0 amide bonds. The lowest BCUT2D eigenvalue weighted by molar-refractivity contribution is -0.139. The van der Waals surface area contributed by atoms with E-state index < -0.39 is 17.8 Å². The fourth-order valence-corrected chi connectivity index (χ4v) is 3.73. The summed E-state index contributed by atoms with van der Waals surface area (Å²) < 4.78 is 35.5. The third-order valence-corrected chi connectivity index (χ3v) is 6.14. The molecule has 4 aromatic carbocycles. The van der Waals surface area contributed by atoms with Gasteiger partial charge in [0.25, 0.3) is 0 Å². The van der Waals surface area contributed by atoms with Crippen LogP contribution in [0.3, 0.4) is 0 Å². The lowest BCUT2D eigenvalue weighted by Gasteiger charge is -2.06. The van der Waals surface area contributed by atoms with Gasteiger partial charge in [0.2, 0.25) is 0 Å². The molecule has 4 aromatic rings. The summed E-state index contributed by atoms with van der Waals surface area (Å²) >= 11 is 0. The molecule has 0 aliphatic heterocycles. The highest BCUT2D eigenvalue weighted by atomic mass is 19.1. The van der Waals surface area contributed by atoms with Gasteiger partial charge in [0.05, 0.1) is 28.4 Å². The quantitative estimate of drug-likeness (QED) is 0.0511. The normalized spacial score (nSPS) is 11.1. The first-order chi connectivity index (χ1) is 23.3. The minimum absolute atomic E-state index is 0.0441. The summed E-state index contributed by atoms with van der Waals surface area (Å²) in [7, 11) is 0. The smallest absolute Gasteiger partial charge is 0.330 e. The number of hydrogen-bond donors (Lipinski definition) is 0. The van der Waals surface area contributed by atoms with E-state index in [1.54, 1.807) is 72.8 Å². The van der Waals surface area contributed by atoms with Crippen molar-refractivity contribution in [2.24, 2.45) is 30.7 Å². The molecule has 13 heteroatoms. The Balaban J connectivity index is 1.27. The van der Waals surface area contributed by atoms with Crippen molar-refractivity contribution in [1.82, 2.24) is 0 Å². The number of halogens is 1. The van der Waals surface area contributed by atoms with Crippen LogP contribution in [0.15, 0.2) is 141 Å². The summed E-state index contributed by atoms with van der Waals surface area (Å²) in [6, 6.07) is 23.2. The number of nitrogens with zero attached hydrogens (tertiary/aromatic N) is 6. The predicted molar refractivity (Wildman–Crippen MR) is 176 cm³/mol. The Morgan fingerprint density at radius 2 is 1.00 bits per heavy atom. The Morgan fingerprint density at radius 1 is 0.583 bits per heavy atom. The number of aryl methyl sites for hydroxylation is 1. The van der Waals surface area contributed by atoms with E-state index in [-0.39, 0.29) is 32.1 Å². The number of hydrogen-bond acceptors (Lipinski definition) is 12. The molecule has 0 N–H and O–H groups in total. The molecule has 0 saturated heterocycles. The SMILES string of the molecule is C=CC(=O)OCCOc1ccc(N=Nc2ccc(N=Nc3ccc(N=Nc4ccc(OCCOC(=O)C=C)cc4)cc3F)c(C)c2)cc1. The zero-order valence-corrected chi connectivity index (χ0v) is 26.0. The third-order valence-electron chi connectivity index (χ3n) is 6.14. The van der Waals surface area contributed by atoms with Crippen molar-refractivity contribution in [2.45, 2.75) is 6.92 Å². The average Bonchev–Trinajstić information content (AvgIpc) is 3.11. The molecule has 0 fully saturated rings. The molecule has 0 bridgehead atoms. The molecule has 4 rings (SSSR count). The van der Waals surface area contributed by atoms with Gasteiger partial charge in [0.15, 0.2) is 5.82 Å². The van der Waals surface area contributed by atoms with E-state index in [0.29, 0.717) is 39.9 Å². The van der Waals surface area contributed by atoms with Crippen molar-refractivity contribution in [2.75, 3.05) is 26.4 Å². The molecule has 0 aliphatic carbocycles. The van der Waals surface area contributed by atoms with Crippen molar-refractivity contribution >= 4 is 46.1 Å². The van der Waals surface area contributed by atoms with Gasteiger partial charge in [0, 0.05) is 18.2 Å². The molecule has 0 saturated carbocycles. The van der Waals surface area contributed by atoms with E-state index in [1.165, 1.54) is 12.1 Å². The minimum Gasteiger partial charge on any atom is -0.490 e. The lowest BCUT2D eigenvalue weighted by Crippen LogP contribution is -2.09. The van der Waals surface area contributed by atoms with Crippen molar-refractivity contribution < 1.29 is 32.9 Å². The maximum Gasteiger partial charge on any atom is 0.330 e. The van der Waals surface area contributed by atoms with E-state index in [2.05, 4.69) is 43.8 Å². The lowest BCUT2D eigenvalue weighted by atomic mass is 10.2. The first-order valence-corrected chi connectivity index (χ1v) is 14.5. The van der Waals surface area contributed by atoms with Crippen molar-refractivity contribution in [3.8, 4) is 11.5 Å². The number of rotatable bonds is 16. The van der Waals surface area contributed by atoms with Gasteiger partial charge in [-0.2, -0.15) is 25.6 Å². The number of esters is 2. The molecular weight excluding hydrogens is 619 g/mol. The average molecular weight is 651 g/mol. The zero-order valence-electron chi connectivity index (χ0n) is 26.0. The largest absolute Gasteiger partial charge is 0.490 e. The molecule has 0 radical (unpaired) electrons. The molecule has 0 aliphatic rings. The number of carbonyl (C=O) groups is 2. The number of ether oxygens (including phenoxy) is 4. The summed E-state index contributed by atoms with van der Waals surface area (Å²) in [6.07, 6.45) is 2.18. The highest BCUT2D eigenvalue weighted by molar-refractivity contribution is 5.81. The molecule has 0 atom stereocenters. The van der Waals surface area contributed by atoms with E-state index in [4.69, 9.17) is 18.9 Å². The highest BCUT2D eigenvalue weighted by Gasteiger charge is 2.05. The van der Waals surface area contributed by atoms with Crippen LogP contribution >= 0.6 is 0 Å². The van der Waals surface area contributed by atoms with Crippen LogP contribution in [-0.4, -0.2) is 38.4 Å². The van der Waals surface area contributed by atoms with Gasteiger partial charge < -0.3 is 18.9 Å². The van der Waals surface area contributed by atoms with Crippen LogP contribution in [0.25, 0.3) is 0 Å². The number of carbonyl (C=O) groups excluding carboxylic acids is 2. The Kier molecular flexibility index (Phi) is 12.9. The summed E-state index contributed by atoms with van der Waals surface area (Å²) in [5.41, 5.74) is 3.42. The number of azo groups is 3. The Bertz CT molecular complexity index is 1690. The van der Waals surface area contributed by atoms with Gasteiger partial charge in [-0.25, -0.2) is 14.0 Å². The first-order valence-electron chi connectivity index (χ1n) is 14.5. The Hall–Kier alpha value is -6.37. The second-order valence-electron chi connectivity index (χ2n) is 9.63. The summed E-state index contributed by atoms with van der Waals surface area (Å²) in [5, 5.41) is 25.0. The molecule has 12 nitrogen and oxygen atoms in total. The molecule has 0 aromatic heterocycles. The predicted octanol–water partition coefficient (Wildman–Crippen LogP) is 9.60. The second kappa shape index (κ2) is 17.9. The summed E-state index contributed by atoms with van der Waals surface area (Å²) in [4.78, 5) is 22.1. The van der Waals surface area contributed by atoms with Crippen LogP contribution in [0, 0.1) is 12.7 Å². The molecule has 0 spiro atoms. The molecule has 0 unspecified atom stereocenters. The van der Waals surface area contributed by atoms with E-state index in [9.17, 15) is 14.0 Å². The van der Waals surface area contributed by atoms with E-state index >= 15 is 0 Å². The molecule has 48 heavy (non-hydrogen) atoms. The van der Waals surface area contributed by atoms with Crippen molar-refractivity contribution in [3.63, 3.8) is 0 Å². The van der Waals surface area contributed by atoms with Crippen LogP contribution < -0.4 is 9.47 Å². The monoisotopic (exact) mass is 650 g/mol. The van der Waals surface area contributed by atoms with Gasteiger partial charge in [-0.05, 0) is 91.3 Å². The molecular formula is C35H31FN6O6. The molecule has 0 heterocycles. The second-order valence-corrected chi connectivity index (χ2v) is 9.63. The fourth-order valence-electron chi connectivity index (χ4n) is 3.73. The van der Waals surface area contributed by atoms with Crippen molar-refractivity contribution in [3.05, 3.63) is 122 Å². The number of benzene rings is 4. The maximum atomic E-state index is 14.8. The topological polar surface area (TPSA) is 145 Å². The Labute approximate surface area is 276 Å². The van der Waals surface area contributed by atoms with Gasteiger partial charge in [-0.3, -0.25) is 0 Å². The first kappa shape index (κ1) is 34.5. The van der Waals surface area contributed by atoms with Crippen LogP contribution in [0.2, 0.25) is 0 Å². The van der Waals surface area contributed by atoms with Crippen LogP contribution in [0.4, 0.5) is 38.5 Å². The standard InChI is InChI=1S/C35H31FN6O6/c1-4-34(43)47-20-18-45-29-12-6-25(7-13-29)37-39-27-10-16-32(24(3)22-27)41-42-33-17-11-28(23-31(33)36)40-38-26-8-14-30(15-9-26)46-19-21-48-35(44)5-2/h4-17,22-23H,1-2,18-21H2,3H3. The van der Waals surface area contributed by atoms with Gasteiger partial charge in [-0.1, -0.05) is 13.2 Å². The highest BCUT2D eigenvalue weighted by Crippen LogP contribution is 2.30. The van der Waals surface area contributed by atoms with Gasteiger partial charge in [-0.15, -0.1) is 5.11 Å². The van der Waals surface area contributed by atoms with Crippen LogP contribution in [-0.2, 0) is 19.1 Å². The van der Waals surface area contributed by atoms with E-state index in [0.717, 1.165) is 17.7 Å². The fraction of sp³-hybridized carbons (Fsp3) is 0.143. The van der Waals surface area contributed by atoms with Crippen LogP contribution in [0.1, 0.15) is 5.56 Å². The third kappa shape index (κ3) is 11.2. The summed E-state index contributed by atoms with van der Waals surface area (Å²) in [6.45, 7) is 9.11. The van der Waals surface area contributed by atoms with Crippen LogP contribution in [0.5, 0.6) is 11.5 Å². The summed E-state index contributed by atoms with van der Waals surface area (Å²) in [5.74, 6) is -0.456. The minimum atomic E-state index is -0.605.